The molecule has 0 spiro atoms. The molecule has 2 fully saturated rings. The normalized spacial score (nSPS) is 28.9. The lowest BCUT2D eigenvalue weighted by atomic mass is 10.0. The Morgan fingerprint density at radius 2 is 1.88 bits per heavy atom. The highest BCUT2D eigenvalue weighted by atomic mass is 16.4. The van der Waals surface area contributed by atoms with Crippen LogP contribution in [0, 0.1) is 5.92 Å². The van der Waals surface area contributed by atoms with Crippen molar-refractivity contribution in [1.82, 2.24) is 41.1 Å². The molecule has 1 aliphatic carbocycles. The second kappa shape index (κ2) is 12.1. The van der Waals surface area contributed by atoms with Gasteiger partial charge >= 0.3 is 12.0 Å². The molecule has 2 aliphatic heterocycles. The molecule has 230 valence electrons. The lowest BCUT2D eigenvalue weighted by Gasteiger charge is -2.30. The molecule has 5 atom stereocenters. The molecule has 43 heavy (non-hydrogen) atoms. The maximum atomic E-state index is 14.1. The zero-order valence-corrected chi connectivity index (χ0v) is 24.8. The number of carboxylic acids is 1. The summed E-state index contributed by atoms with van der Waals surface area (Å²) in [5.74, 6) is -1.96. The number of carboxylic acid groups (broad SMARTS) is 1. The van der Waals surface area contributed by atoms with E-state index in [2.05, 4.69) is 31.4 Å². The average molecular weight is 593 g/mol. The first-order valence-electron chi connectivity index (χ1n) is 14.9. The maximum Gasteiger partial charge on any atom is 0.330 e. The minimum Gasteiger partial charge on any atom is -0.479 e. The van der Waals surface area contributed by atoms with Crippen LogP contribution in [0.3, 0.4) is 0 Å². The summed E-state index contributed by atoms with van der Waals surface area (Å²) in [6, 6.07) is 6.54. The van der Waals surface area contributed by atoms with Crippen molar-refractivity contribution in [3.63, 3.8) is 0 Å². The molecule has 2 aromatic rings. The molecule has 13 heteroatoms. The monoisotopic (exact) mass is 592 g/mol. The molecular weight excluding hydrogens is 552 g/mol. The van der Waals surface area contributed by atoms with Crippen molar-refractivity contribution in [3.05, 3.63) is 42.5 Å². The van der Waals surface area contributed by atoms with Crippen LogP contribution in [-0.4, -0.2) is 83.7 Å². The van der Waals surface area contributed by atoms with Gasteiger partial charge in [0, 0.05) is 30.0 Å². The van der Waals surface area contributed by atoms with E-state index in [1.807, 2.05) is 63.3 Å². The summed E-state index contributed by atoms with van der Waals surface area (Å²) in [5, 5.41) is 31.4. The molecule has 4 unspecified atom stereocenters. The van der Waals surface area contributed by atoms with Gasteiger partial charge in [0.2, 0.25) is 17.6 Å². The molecule has 1 saturated heterocycles. The van der Waals surface area contributed by atoms with Crippen molar-refractivity contribution >= 4 is 23.8 Å². The number of aromatic nitrogens is 4. The van der Waals surface area contributed by atoms with Crippen LogP contribution in [0.25, 0.3) is 11.4 Å². The number of urea groups is 1. The van der Waals surface area contributed by atoms with Crippen molar-refractivity contribution in [1.29, 1.82) is 0 Å². The summed E-state index contributed by atoms with van der Waals surface area (Å²) in [4.78, 5) is 55.9. The predicted molar refractivity (Wildman–Crippen MR) is 156 cm³/mol. The van der Waals surface area contributed by atoms with Crippen LogP contribution in [0.2, 0.25) is 0 Å². The fraction of sp³-hybridized carbons (Fsp3) is 0.567. The van der Waals surface area contributed by atoms with Crippen LogP contribution in [0.1, 0.15) is 71.8 Å². The maximum absolute atomic E-state index is 14.1. The van der Waals surface area contributed by atoms with E-state index in [0.717, 1.165) is 24.8 Å². The van der Waals surface area contributed by atoms with E-state index in [-0.39, 0.29) is 25.3 Å². The Bertz CT molecular complexity index is 1390. The fourth-order valence-electron chi connectivity index (χ4n) is 5.86. The minimum absolute atomic E-state index is 0.101. The van der Waals surface area contributed by atoms with E-state index in [4.69, 9.17) is 0 Å². The third kappa shape index (κ3) is 6.86. The van der Waals surface area contributed by atoms with Gasteiger partial charge < -0.3 is 26.0 Å². The van der Waals surface area contributed by atoms with Gasteiger partial charge in [-0.1, -0.05) is 55.3 Å². The molecule has 1 aromatic carbocycles. The molecule has 3 aliphatic rings. The number of nitrogens with zero attached hydrogens (tertiary/aromatic N) is 5. The van der Waals surface area contributed by atoms with Gasteiger partial charge in [-0.15, -0.1) is 10.2 Å². The average Bonchev–Trinajstić information content (AvgIpc) is 3.28. The number of rotatable bonds is 4. The summed E-state index contributed by atoms with van der Waals surface area (Å²) < 4.78 is 0. The number of allylic oxidation sites excluding steroid dienone is 1. The van der Waals surface area contributed by atoms with Gasteiger partial charge in [0.25, 0.3) is 0 Å². The predicted octanol–water partition coefficient (Wildman–Crippen LogP) is 2.43. The molecule has 0 bridgehead atoms. The van der Waals surface area contributed by atoms with Crippen molar-refractivity contribution in [2.45, 2.75) is 94.9 Å². The second-order valence-electron chi connectivity index (χ2n) is 12.7. The number of nitrogens with one attached hydrogen (secondary N) is 3. The van der Waals surface area contributed by atoms with E-state index in [0.29, 0.717) is 18.7 Å². The number of amides is 4. The zero-order chi connectivity index (χ0) is 30.8. The van der Waals surface area contributed by atoms with Crippen molar-refractivity contribution in [2.75, 3.05) is 6.54 Å². The number of carbonyl (C=O) groups is 4. The van der Waals surface area contributed by atoms with Gasteiger partial charge in [-0.05, 0) is 51.7 Å². The van der Waals surface area contributed by atoms with Gasteiger partial charge in [0.15, 0.2) is 0 Å². The highest BCUT2D eigenvalue weighted by molar-refractivity contribution is 5.96. The first-order chi connectivity index (χ1) is 20.5. The SMILES string of the molecule is CC(C)(C)NC(=O)NC1CCCCC/C=C\C2CC2(C(=O)O)NC(=O)C2C[C@@H](n3nnc(-c4ccccc4)n3)CN2C1=O. The van der Waals surface area contributed by atoms with E-state index >= 15 is 0 Å². The van der Waals surface area contributed by atoms with E-state index < -0.39 is 53.0 Å². The lowest BCUT2D eigenvalue weighted by Crippen LogP contribution is -2.58. The largest absolute Gasteiger partial charge is 0.479 e. The van der Waals surface area contributed by atoms with Crippen molar-refractivity contribution in [3.8, 4) is 11.4 Å². The molecule has 3 heterocycles. The molecular formula is C30H40N8O5. The Morgan fingerprint density at radius 3 is 2.60 bits per heavy atom. The first kappa shape index (κ1) is 30.2. The van der Waals surface area contributed by atoms with Gasteiger partial charge in [-0.3, -0.25) is 9.59 Å². The number of hydrogen-bond acceptors (Lipinski definition) is 7. The summed E-state index contributed by atoms with van der Waals surface area (Å²) in [6.45, 7) is 5.65. The number of fused-ring (bicyclic) bond motifs is 2. The summed E-state index contributed by atoms with van der Waals surface area (Å²) in [5.41, 5.74) is -1.14. The van der Waals surface area contributed by atoms with Gasteiger partial charge in [-0.2, -0.15) is 4.80 Å². The standard InChI is InChI=1S/C30H40N8O5/c1-29(2,3)33-28(43)31-22-15-11-6-4-5-10-14-20-17-30(20,27(41)42)32-25(39)23-16-21(18-37(23)26(22)40)38-35-24(34-36-38)19-12-8-7-9-13-19/h7-10,12-14,20-23H,4-6,11,15-18H2,1-3H3,(H,32,39)(H,41,42)(H2,31,33,43)/b14-10-/t20?,21-,22?,23?,30?/m1/s1. The van der Waals surface area contributed by atoms with Crippen LogP contribution in [0.15, 0.2) is 42.5 Å². The second-order valence-corrected chi connectivity index (χ2v) is 12.7. The number of hydrogen-bond donors (Lipinski definition) is 4. The van der Waals surface area contributed by atoms with Crippen LogP contribution in [0.5, 0.6) is 0 Å². The smallest absolute Gasteiger partial charge is 0.330 e. The van der Waals surface area contributed by atoms with Crippen molar-refractivity contribution in [2.24, 2.45) is 5.92 Å². The molecule has 1 aromatic heterocycles. The number of benzene rings is 1. The Morgan fingerprint density at radius 1 is 1.12 bits per heavy atom. The first-order valence-corrected chi connectivity index (χ1v) is 14.9. The zero-order valence-electron chi connectivity index (χ0n) is 24.8. The topological polar surface area (TPSA) is 171 Å². The van der Waals surface area contributed by atoms with Crippen LogP contribution in [0.4, 0.5) is 4.79 Å². The Kier molecular flexibility index (Phi) is 8.52. The van der Waals surface area contributed by atoms with Crippen molar-refractivity contribution < 1.29 is 24.3 Å². The highest BCUT2D eigenvalue weighted by Gasteiger charge is 2.61. The van der Waals surface area contributed by atoms with Gasteiger partial charge in [0.05, 0.1) is 6.04 Å². The number of aliphatic carboxylic acids is 1. The van der Waals surface area contributed by atoms with E-state index in [1.165, 1.54) is 9.70 Å². The fourth-order valence-corrected chi connectivity index (χ4v) is 5.86. The Labute approximate surface area is 250 Å². The summed E-state index contributed by atoms with van der Waals surface area (Å²) in [7, 11) is 0. The third-order valence-electron chi connectivity index (χ3n) is 8.22. The highest BCUT2D eigenvalue weighted by Crippen LogP contribution is 2.45. The molecule has 5 rings (SSSR count). The summed E-state index contributed by atoms with van der Waals surface area (Å²) in [6.07, 6.45) is 7.86. The molecule has 4 N–H and O–H groups in total. The quantitative estimate of drug-likeness (QED) is 0.392. The number of tetrazole rings is 1. The van der Waals surface area contributed by atoms with Crippen LogP contribution < -0.4 is 16.0 Å². The third-order valence-corrected chi connectivity index (χ3v) is 8.22. The molecule has 4 amide bonds. The van der Waals surface area contributed by atoms with Crippen LogP contribution >= 0.6 is 0 Å². The van der Waals surface area contributed by atoms with E-state index in [9.17, 15) is 24.3 Å². The number of carbonyl (C=O) groups excluding carboxylic acids is 3. The summed E-state index contributed by atoms with van der Waals surface area (Å²) >= 11 is 0. The lowest BCUT2D eigenvalue weighted by molar-refractivity contribution is -0.145. The molecule has 0 radical (unpaired) electrons. The Hall–Kier alpha value is -4.29. The Balaban J connectivity index is 1.44. The van der Waals surface area contributed by atoms with E-state index in [1.54, 1.807) is 0 Å². The van der Waals surface area contributed by atoms with Gasteiger partial charge in [-0.25, -0.2) is 9.59 Å². The molecule has 13 nitrogen and oxygen atoms in total. The van der Waals surface area contributed by atoms with Crippen LogP contribution in [-0.2, 0) is 14.4 Å². The molecule has 1 saturated carbocycles. The minimum atomic E-state index is -1.41. The van der Waals surface area contributed by atoms with Gasteiger partial charge in [0.1, 0.15) is 17.6 Å².